The molecule has 0 saturated carbocycles. The summed E-state index contributed by atoms with van der Waals surface area (Å²) < 4.78 is 1.88. The van der Waals surface area contributed by atoms with Gasteiger partial charge in [-0.3, -0.25) is 9.36 Å². The Labute approximate surface area is 151 Å². The van der Waals surface area contributed by atoms with E-state index in [0.29, 0.717) is 11.1 Å². The Morgan fingerprint density at radius 2 is 1.84 bits per heavy atom. The highest BCUT2D eigenvalue weighted by Crippen LogP contribution is 2.24. The number of hydrogen-bond donors (Lipinski definition) is 1. The summed E-state index contributed by atoms with van der Waals surface area (Å²) >= 11 is 1.37. The molecular weight excluding hydrogens is 332 g/mol. The highest BCUT2D eigenvalue weighted by atomic mass is 32.2. The van der Waals surface area contributed by atoms with Gasteiger partial charge in [0.15, 0.2) is 5.16 Å². The largest absolute Gasteiger partial charge is 0.325 e. The van der Waals surface area contributed by atoms with Gasteiger partial charge in [-0.1, -0.05) is 62.0 Å². The number of rotatable bonds is 6. The summed E-state index contributed by atoms with van der Waals surface area (Å²) in [5, 5.41) is 11.8. The molecule has 1 N–H and O–H groups in total. The number of nitrogens with one attached hydrogen (secondary N) is 1. The first-order chi connectivity index (χ1) is 12.1. The van der Waals surface area contributed by atoms with Crippen LogP contribution in [-0.4, -0.2) is 26.4 Å². The van der Waals surface area contributed by atoms with E-state index < -0.39 is 0 Å². The van der Waals surface area contributed by atoms with Crippen LogP contribution in [0.2, 0.25) is 0 Å². The van der Waals surface area contributed by atoms with E-state index in [-0.39, 0.29) is 11.7 Å². The second kappa shape index (κ2) is 7.98. The van der Waals surface area contributed by atoms with Gasteiger partial charge in [0.25, 0.3) is 0 Å². The maximum atomic E-state index is 12.3. The average molecular weight is 352 g/mol. The third-order valence-electron chi connectivity index (χ3n) is 3.74. The second-order valence-electron chi connectivity index (χ2n) is 5.90. The van der Waals surface area contributed by atoms with Crippen molar-refractivity contribution in [2.75, 3.05) is 11.1 Å². The maximum Gasteiger partial charge on any atom is 0.234 e. The average Bonchev–Trinajstić information content (AvgIpc) is 3.09. The van der Waals surface area contributed by atoms with Crippen molar-refractivity contribution in [1.29, 1.82) is 0 Å². The number of nitrogens with zero attached hydrogens (tertiary/aromatic N) is 3. The number of thioether (sulfide) groups is 1. The number of aromatic nitrogens is 3. The van der Waals surface area contributed by atoms with Gasteiger partial charge in [-0.05, 0) is 29.7 Å². The van der Waals surface area contributed by atoms with Crippen molar-refractivity contribution in [3.8, 4) is 5.69 Å². The van der Waals surface area contributed by atoms with Crippen molar-refractivity contribution in [3.05, 3.63) is 66.5 Å². The molecule has 0 saturated heterocycles. The van der Waals surface area contributed by atoms with Crippen molar-refractivity contribution in [1.82, 2.24) is 14.8 Å². The Balaban J connectivity index is 1.66. The molecule has 5 nitrogen and oxygen atoms in total. The summed E-state index contributed by atoms with van der Waals surface area (Å²) in [6.45, 7) is 4.23. The monoisotopic (exact) mass is 352 g/mol. The summed E-state index contributed by atoms with van der Waals surface area (Å²) in [5.74, 6) is 0.573. The number of benzene rings is 2. The Hall–Kier alpha value is -2.60. The van der Waals surface area contributed by atoms with Crippen molar-refractivity contribution in [2.24, 2.45) is 0 Å². The Morgan fingerprint density at radius 3 is 2.60 bits per heavy atom. The van der Waals surface area contributed by atoms with E-state index in [0.717, 1.165) is 16.9 Å². The van der Waals surface area contributed by atoms with E-state index in [1.807, 2.05) is 59.2 Å². The predicted molar refractivity (Wildman–Crippen MR) is 101 cm³/mol. The van der Waals surface area contributed by atoms with Crippen LogP contribution in [0.5, 0.6) is 0 Å². The second-order valence-corrected chi connectivity index (χ2v) is 6.84. The molecule has 0 fully saturated rings. The van der Waals surface area contributed by atoms with Gasteiger partial charge in [-0.15, -0.1) is 10.2 Å². The van der Waals surface area contributed by atoms with Gasteiger partial charge in [-0.2, -0.15) is 0 Å². The summed E-state index contributed by atoms with van der Waals surface area (Å²) in [6, 6.07) is 17.7. The number of hydrogen-bond acceptors (Lipinski definition) is 4. The van der Waals surface area contributed by atoms with Gasteiger partial charge >= 0.3 is 0 Å². The molecule has 2 aromatic carbocycles. The van der Waals surface area contributed by atoms with Crippen LogP contribution in [0.15, 0.2) is 66.1 Å². The molecule has 6 heteroatoms. The van der Waals surface area contributed by atoms with Crippen molar-refractivity contribution in [2.45, 2.75) is 24.9 Å². The number of amides is 1. The summed E-state index contributed by atoms with van der Waals surface area (Å²) in [7, 11) is 0. The molecule has 0 atom stereocenters. The molecule has 3 rings (SSSR count). The predicted octanol–water partition coefficient (Wildman–Crippen LogP) is 4.12. The third-order valence-corrected chi connectivity index (χ3v) is 4.68. The minimum Gasteiger partial charge on any atom is -0.325 e. The number of carbonyl (C=O) groups is 1. The standard InChI is InChI=1S/C19H20N4OS/c1-14(2)16-10-6-7-11-17(16)21-18(24)12-25-19-22-20-13-23(19)15-8-4-3-5-9-15/h3-11,13-14H,12H2,1-2H3,(H,21,24). The topological polar surface area (TPSA) is 59.8 Å². The Morgan fingerprint density at radius 1 is 1.12 bits per heavy atom. The van der Waals surface area contributed by atoms with E-state index in [2.05, 4.69) is 29.4 Å². The minimum absolute atomic E-state index is 0.0549. The first-order valence-electron chi connectivity index (χ1n) is 8.12. The molecule has 0 aliphatic carbocycles. The minimum atomic E-state index is -0.0549. The maximum absolute atomic E-state index is 12.3. The third kappa shape index (κ3) is 4.28. The fourth-order valence-electron chi connectivity index (χ4n) is 2.52. The number of anilines is 1. The zero-order valence-electron chi connectivity index (χ0n) is 14.2. The first kappa shape index (κ1) is 17.2. The van der Waals surface area contributed by atoms with Crippen LogP contribution in [0.25, 0.3) is 5.69 Å². The Bertz CT molecular complexity index is 845. The molecule has 1 heterocycles. The van der Waals surface area contributed by atoms with Crippen molar-refractivity contribution < 1.29 is 4.79 Å². The molecule has 0 spiro atoms. The molecule has 128 valence electrons. The molecule has 0 radical (unpaired) electrons. The summed E-state index contributed by atoms with van der Waals surface area (Å²) in [4.78, 5) is 12.3. The van der Waals surface area contributed by atoms with E-state index in [1.165, 1.54) is 11.8 Å². The molecular formula is C19H20N4OS. The molecule has 0 unspecified atom stereocenters. The summed E-state index contributed by atoms with van der Waals surface area (Å²) in [6.07, 6.45) is 1.66. The van der Waals surface area contributed by atoms with Gasteiger partial charge in [0.05, 0.1) is 5.75 Å². The van der Waals surface area contributed by atoms with Crippen LogP contribution in [0.1, 0.15) is 25.3 Å². The smallest absolute Gasteiger partial charge is 0.234 e. The summed E-state index contributed by atoms with van der Waals surface area (Å²) in [5.41, 5.74) is 2.97. The molecule has 0 aliphatic rings. The quantitative estimate of drug-likeness (QED) is 0.678. The normalized spacial score (nSPS) is 10.8. The van der Waals surface area contributed by atoms with E-state index in [9.17, 15) is 4.79 Å². The van der Waals surface area contributed by atoms with Crippen molar-refractivity contribution in [3.63, 3.8) is 0 Å². The van der Waals surface area contributed by atoms with Crippen LogP contribution in [0.4, 0.5) is 5.69 Å². The fraction of sp³-hybridized carbons (Fsp3) is 0.211. The lowest BCUT2D eigenvalue weighted by Crippen LogP contribution is -2.16. The van der Waals surface area contributed by atoms with Gasteiger partial charge in [-0.25, -0.2) is 0 Å². The van der Waals surface area contributed by atoms with E-state index in [1.54, 1.807) is 6.33 Å². The number of para-hydroxylation sites is 2. The fourth-order valence-corrected chi connectivity index (χ4v) is 3.25. The van der Waals surface area contributed by atoms with Crippen LogP contribution in [0.3, 0.4) is 0 Å². The van der Waals surface area contributed by atoms with Crippen LogP contribution >= 0.6 is 11.8 Å². The number of carbonyl (C=O) groups excluding carboxylic acids is 1. The highest BCUT2D eigenvalue weighted by Gasteiger charge is 2.12. The molecule has 3 aromatic rings. The lowest BCUT2D eigenvalue weighted by molar-refractivity contribution is -0.113. The molecule has 0 aliphatic heterocycles. The molecule has 1 aromatic heterocycles. The SMILES string of the molecule is CC(C)c1ccccc1NC(=O)CSc1nncn1-c1ccccc1. The van der Waals surface area contributed by atoms with Crippen molar-refractivity contribution >= 4 is 23.4 Å². The molecule has 1 amide bonds. The molecule has 0 bridgehead atoms. The lowest BCUT2D eigenvalue weighted by atomic mass is 10.0. The zero-order valence-corrected chi connectivity index (χ0v) is 15.0. The van der Waals surface area contributed by atoms with E-state index in [4.69, 9.17) is 0 Å². The van der Waals surface area contributed by atoms with Crippen LogP contribution in [0, 0.1) is 0 Å². The highest BCUT2D eigenvalue weighted by molar-refractivity contribution is 7.99. The van der Waals surface area contributed by atoms with Crippen LogP contribution < -0.4 is 5.32 Å². The van der Waals surface area contributed by atoms with Gasteiger partial charge in [0, 0.05) is 11.4 Å². The Kier molecular flexibility index (Phi) is 5.50. The first-order valence-corrected chi connectivity index (χ1v) is 9.10. The lowest BCUT2D eigenvalue weighted by Gasteiger charge is -2.13. The zero-order chi connectivity index (χ0) is 17.6. The molecule has 25 heavy (non-hydrogen) atoms. The van der Waals surface area contributed by atoms with Gasteiger partial charge in [0.1, 0.15) is 6.33 Å². The van der Waals surface area contributed by atoms with Gasteiger partial charge < -0.3 is 5.32 Å². The van der Waals surface area contributed by atoms with Crippen LogP contribution in [-0.2, 0) is 4.79 Å². The van der Waals surface area contributed by atoms with E-state index >= 15 is 0 Å². The van der Waals surface area contributed by atoms with Gasteiger partial charge in [0.2, 0.25) is 5.91 Å².